The van der Waals surface area contributed by atoms with Crippen LogP contribution >= 0.6 is 0 Å². The smallest absolute Gasteiger partial charge is 0.340 e. The van der Waals surface area contributed by atoms with E-state index in [0.717, 1.165) is 23.9 Å². The Balaban J connectivity index is 1.59. The highest BCUT2D eigenvalue weighted by Gasteiger charge is 2.21. The minimum atomic E-state index is -0.233. The number of nitrogens with one attached hydrogen (secondary N) is 1. The number of H-pyrrole nitrogens is 1. The van der Waals surface area contributed by atoms with E-state index in [9.17, 15) is 4.79 Å². The van der Waals surface area contributed by atoms with Crippen LogP contribution in [0.4, 0.5) is 0 Å². The van der Waals surface area contributed by atoms with Crippen molar-refractivity contribution in [1.82, 2.24) is 9.88 Å². The zero-order valence-electron chi connectivity index (χ0n) is 11.8. The number of nitrogens with zero attached hydrogens (tertiary/aromatic N) is 1. The zero-order chi connectivity index (χ0) is 13.9. The molecule has 0 radical (unpaired) electrons. The van der Waals surface area contributed by atoms with Crippen LogP contribution in [-0.4, -0.2) is 42.1 Å². The lowest BCUT2D eigenvalue weighted by Gasteiger charge is -2.18. The Morgan fingerprint density at radius 2 is 2.30 bits per heavy atom. The van der Waals surface area contributed by atoms with Crippen LogP contribution in [0.3, 0.4) is 0 Å². The Labute approximate surface area is 118 Å². The molecule has 1 aliphatic heterocycles. The number of fused-ring (bicyclic) bond motifs is 1. The summed E-state index contributed by atoms with van der Waals surface area (Å²) in [5.41, 5.74) is 1.59. The summed E-state index contributed by atoms with van der Waals surface area (Å²) in [7, 11) is 2.14. The van der Waals surface area contributed by atoms with Crippen molar-refractivity contribution in [3.63, 3.8) is 0 Å². The number of carbonyl (C=O) groups excluding carboxylic acids is 1. The third kappa shape index (κ3) is 2.56. The van der Waals surface area contributed by atoms with Gasteiger partial charge in [-0.25, -0.2) is 4.79 Å². The maximum Gasteiger partial charge on any atom is 0.340 e. The van der Waals surface area contributed by atoms with Gasteiger partial charge in [0.25, 0.3) is 0 Å². The molecule has 1 unspecified atom stereocenters. The molecule has 3 rings (SSSR count). The SMILES string of the molecule is CN1CCCC1CCOC(=O)c1c[nH]c2ccccc12. The van der Waals surface area contributed by atoms with Gasteiger partial charge in [0.05, 0.1) is 12.2 Å². The van der Waals surface area contributed by atoms with Crippen LogP contribution in [0, 0.1) is 0 Å². The van der Waals surface area contributed by atoms with Gasteiger partial charge in [-0.2, -0.15) is 0 Å². The summed E-state index contributed by atoms with van der Waals surface area (Å²) < 4.78 is 5.42. The van der Waals surface area contributed by atoms with Crippen molar-refractivity contribution in [3.05, 3.63) is 36.0 Å². The number of aromatic nitrogens is 1. The van der Waals surface area contributed by atoms with Crippen LogP contribution in [0.1, 0.15) is 29.6 Å². The maximum absolute atomic E-state index is 12.1. The maximum atomic E-state index is 12.1. The highest BCUT2D eigenvalue weighted by molar-refractivity contribution is 6.03. The van der Waals surface area contributed by atoms with E-state index in [-0.39, 0.29) is 5.97 Å². The second-order valence-corrected chi connectivity index (χ2v) is 5.45. The average molecular weight is 272 g/mol. The lowest BCUT2D eigenvalue weighted by atomic mass is 10.1. The highest BCUT2D eigenvalue weighted by atomic mass is 16.5. The number of esters is 1. The van der Waals surface area contributed by atoms with E-state index in [1.165, 1.54) is 12.8 Å². The Bertz CT molecular complexity index is 605. The molecule has 1 aliphatic rings. The molecule has 1 atom stereocenters. The second kappa shape index (κ2) is 5.67. The number of hydrogen-bond acceptors (Lipinski definition) is 3. The van der Waals surface area contributed by atoms with E-state index in [4.69, 9.17) is 4.74 Å². The van der Waals surface area contributed by atoms with Gasteiger partial charge in [0.2, 0.25) is 0 Å². The largest absolute Gasteiger partial charge is 0.462 e. The number of hydrogen-bond donors (Lipinski definition) is 1. The van der Waals surface area contributed by atoms with Crippen LogP contribution in [0.2, 0.25) is 0 Å². The van der Waals surface area contributed by atoms with Gasteiger partial charge in [-0.15, -0.1) is 0 Å². The number of likely N-dealkylation sites (tertiary alicyclic amines) is 1. The van der Waals surface area contributed by atoms with Crippen molar-refractivity contribution in [2.75, 3.05) is 20.2 Å². The third-order valence-electron chi connectivity index (χ3n) is 4.16. The Morgan fingerprint density at radius 1 is 1.45 bits per heavy atom. The predicted octanol–water partition coefficient (Wildman–Crippen LogP) is 2.81. The summed E-state index contributed by atoms with van der Waals surface area (Å²) in [5, 5.41) is 0.926. The standard InChI is InChI=1S/C16H20N2O2/c1-18-9-4-5-12(18)8-10-20-16(19)14-11-17-15-7-3-2-6-13(14)15/h2-3,6-7,11-12,17H,4-5,8-10H2,1H3. The van der Waals surface area contributed by atoms with Crippen LogP contribution in [0.25, 0.3) is 10.9 Å². The van der Waals surface area contributed by atoms with Crippen molar-refractivity contribution >= 4 is 16.9 Å². The van der Waals surface area contributed by atoms with Gasteiger partial charge in [0.15, 0.2) is 0 Å². The summed E-state index contributed by atoms with van der Waals surface area (Å²) in [5.74, 6) is -0.233. The fourth-order valence-corrected chi connectivity index (χ4v) is 2.95. The molecule has 4 nitrogen and oxygen atoms in total. The van der Waals surface area contributed by atoms with Crippen LogP contribution in [-0.2, 0) is 4.74 Å². The summed E-state index contributed by atoms with van der Waals surface area (Å²) >= 11 is 0. The number of para-hydroxylation sites is 1. The lowest BCUT2D eigenvalue weighted by molar-refractivity contribution is 0.0478. The molecule has 1 N–H and O–H groups in total. The molecule has 2 aromatic rings. The number of rotatable bonds is 4. The molecule has 0 aliphatic carbocycles. The quantitative estimate of drug-likeness (QED) is 0.870. The fourth-order valence-electron chi connectivity index (χ4n) is 2.95. The van der Waals surface area contributed by atoms with E-state index in [1.807, 2.05) is 24.3 Å². The van der Waals surface area contributed by atoms with Crippen molar-refractivity contribution < 1.29 is 9.53 Å². The van der Waals surface area contributed by atoms with E-state index >= 15 is 0 Å². The average Bonchev–Trinajstić information content (AvgIpc) is 3.05. The zero-order valence-corrected chi connectivity index (χ0v) is 11.8. The fraction of sp³-hybridized carbons (Fsp3) is 0.438. The van der Waals surface area contributed by atoms with E-state index in [1.54, 1.807) is 6.20 Å². The molecule has 20 heavy (non-hydrogen) atoms. The first-order valence-corrected chi connectivity index (χ1v) is 7.19. The Morgan fingerprint density at radius 3 is 3.10 bits per heavy atom. The van der Waals surface area contributed by atoms with Crippen LogP contribution in [0.5, 0.6) is 0 Å². The van der Waals surface area contributed by atoms with Gasteiger partial charge >= 0.3 is 5.97 Å². The highest BCUT2D eigenvalue weighted by Crippen LogP contribution is 2.20. The van der Waals surface area contributed by atoms with Gasteiger partial charge in [0.1, 0.15) is 0 Å². The van der Waals surface area contributed by atoms with Crippen molar-refractivity contribution in [1.29, 1.82) is 0 Å². The minimum absolute atomic E-state index is 0.233. The summed E-state index contributed by atoms with van der Waals surface area (Å²) in [4.78, 5) is 17.6. The molecule has 1 saturated heterocycles. The molecule has 106 valence electrons. The van der Waals surface area contributed by atoms with Crippen LogP contribution < -0.4 is 0 Å². The molecular formula is C16H20N2O2. The van der Waals surface area contributed by atoms with Gasteiger partial charge in [-0.3, -0.25) is 0 Å². The summed E-state index contributed by atoms with van der Waals surface area (Å²) in [6.45, 7) is 1.65. The first kappa shape index (κ1) is 13.2. The third-order valence-corrected chi connectivity index (χ3v) is 4.16. The second-order valence-electron chi connectivity index (χ2n) is 5.45. The molecule has 0 saturated carbocycles. The van der Waals surface area contributed by atoms with Crippen molar-refractivity contribution in [3.8, 4) is 0 Å². The monoisotopic (exact) mass is 272 g/mol. The van der Waals surface area contributed by atoms with Crippen LogP contribution in [0.15, 0.2) is 30.5 Å². The van der Waals surface area contributed by atoms with Crippen molar-refractivity contribution in [2.24, 2.45) is 0 Å². The van der Waals surface area contributed by atoms with Gasteiger partial charge in [-0.1, -0.05) is 18.2 Å². The molecule has 1 fully saturated rings. The minimum Gasteiger partial charge on any atom is -0.462 e. The number of ether oxygens (including phenoxy) is 1. The van der Waals surface area contributed by atoms with E-state index < -0.39 is 0 Å². The predicted molar refractivity (Wildman–Crippen MR) is 78.9 cm³/mol. The molecular weight excluding hydrogens is 252 g/mol. The summed E-state index contributed by atoms with van der Waals surface area (Å²) in [6.07, 6.45) is 5.11. The van der Waals surface area contributed by atoms with Crippen molar-refractivity contribution in [2.45, 2.75) is 25.3 Å². The first-order chi connectivity index (χ1) is 9.75. The molecule has 0 amide bonds. The number of benzene rings is 1. The van der Waals surface area contributed by atoms with Gasteiger partial charge in [-0.05, 0) is 38.9 Å². The Hall–Kier alpha value is -1.81. The molecule has 0 spiro atoms. The molecule has 4 heteroatoms. The van der Waals surface area contributed by atoms with Gasteiger partial charge in [0, 0.05) is 23.1 Å². The molecule has 0 bridgehead atoms. The molecule has 2 heterocycles. The first-order valence-electron chi connectivity index (χ1n) is 7.19. The topological polar surface area (TPSA) is 45.3 Å². The normalized spacial score (nSPS) is 19.6. The van der Waals surface area contributed by atoms with E-state index in [0.29, 0.717) is 18.2 Å². The Kier molecular flexibility index (Phi) is 3.74. The molecule has 1 aromatic carbocycles. The van der Waals surface area contributed by atoms with E-state index in [2.05, 4.69) is 16.9 Å². The van der Waals surface area contributed by atoms with Gasteiger partial charge < -0.3 is 14.6 Å². The summed E-state index contributed by atoms with van der Waals surface area (Å²) in [6, 6.07) is 8.34. The molecule has 1 aromatic heterocycles. The lowest BCUT2D eigenvalue weighted by Crippen LogP contribution is -2.26. The number of aromatic amines is 1. The number of carbonyl (C=O) groups is 1.